The molecule has 1 aromatic rings. The Morgan fingerprint density at radius 3 is 3.10 bits per heavy atom. The van der Waals surface area contributed by atoms with Gasteiger partial charge in [-0.3, -0.25) is 9.69 Å². The van der Waals surface area contributed by atoms with Gasteiger partial charge in [0.15, 0.2) is 0 Å². The zero-order chi connectivity index (χ0) is 14.5. The molecule has 0 radical (unpaired) electrons. The first-order valence-electron chi connectivity index (χ1n) is 7.21. The van der Waals surface area contributed by atoms with E-state index in [1.807, 2.05) is 14.1 Å². The molecule has 20 heavy (non-hydrogen) atoms. The van der Waals surface area contributed by atoms with Crippen LogP contribution in [0.25, 0.3) is 0 Å². The Morgan fingerprint density at radius 2 is 2.40 bits per heavy atom. The molecule has 2 rings (SSSR count). The average Bonchev–Trinajstić information content (AvgIpc) is 2.86. The summed E-state index contributed by atoms with van der Waals surface area (Å²) in [4.78, 5) is 20.8. The minimum Gasteiger partial charge on any atom is -0.347 e. The van der Waals surface area contributed by atoms with Crippen LogP contribution in [0.15, 0.2) is 5.38 Å². The highest BCUT2D eigenvalue weighted by molar-refractivity contribution is 7.09. The zero-order valence-electron chi connectivity index (χ0n) is 12.6. The Bertz CT molecular complexity index is 446. The van der Waals surface area contributed by atoms with E-state index in [9.17, 15) is 4.79 Å². The Balaban J connectivity index is 2.02. The molecule has 5 nitrogen and oxygen atoms in total. The van der Waals surface area contributed by atoms with Crippen molar-refractivity contribution >= 4 is 17.2 Å². The molecule has 0 spiro atoms. The second-order valence-electron chi connectivity index (χ2n) is 5.41. The molecule has 1 amide bonds. The molecule has 0 saturated carbocycles. The normalized spacial score (nSPS) is 20.1. The zero-order valence-corrected chi connectivity index (χ0v) is 13.4. The number of likely N-dealkylation sites (N-methyl/N-ethyl adjacent to an activating group) is 1. The topological polar surface area (TPSA) is 48.5 Å². The van der Waals surface area contributed by atoms with Crippen molar-refractivity contribution < 1.29 is 4.79 Å². The maximum absolute atomic E-state index is 12.2. The maximum atomic E-state index is 12.2. The van der Waals surface area contributed by atoms with E-state index in [0.717, 1.165) is 44.7 Å². The summed E-state index contributed by atoms with van der Waals surface area (Å²) in [6.45, 7) is 5.49. The first-order valence-corrected chi connectivity index (χ1v) is 8.09. The number of hydrogen-bond acceptors (Lipinski definition) is 5. The van der Waals surface area contributed by atoms with Crippen molar-refractivity contribution in [3.8, 4) is 0 Å². The van der Waals surface area contributed by atoms with Crippen molar-refractivity contribution in [2.75, 3.05) is 33.7 Å². The molecule has 112 valence electrons. The van der Waals surface area contributed by atoms with Crippen molar-refractivity contribution in [3.05, 3.63) is 16.1 Å². The first-order chi connectivity index (χ1) is 9.61. The summed E-state index contributed by atoms with van der Waals surface area (Å²) in [7, 11) is 3.63. The first kappa shape index (κ1) is 15.4. The second kappa shape index (κ2) is 7.15. The minimum atomic E-state index is -0.0740. The van der Waals surface area contributed by atoms with Gasteiger partial charge in [0.05, 0.1) is 10.7 Å². The van der Waals surface area contributed by atoms with Crippen LogP contribution in [0.1, 0.15) is 24.0 Å². The van der Waals surface area contributed by atoms with Crippen LogP contribution >= 0.6 is 11.3 Å². The van der Waals surface area contributed by atoms with Gasteiger partial charge in [-0.15, -0.1) is 11.3 Å². The summed E-state index contributed by atoms with van der Waals surface area (Å²) in [5, 5.41) is 6.64. The summed E-state index contributed by atoms with van der Waals surface area (Å²) in [6, 6.07) is -0.0740. The Hall–Kier alpha value is -0.980. The standard InChI is InChI=1S/C14H24N4OS/c1-4-5-13-16-11(10-20-13)9-18-7-6-15-8-12(18)14(19)17(2)3/h10,12,15H,4-9H2,1-3H3. The molecule has 1 atom stereocenters. The molecule has 1 saturated heterocycles. The van der Waals surface area contributed by atoms with Crippen LogP contribution in [0.3, 0.4) is 0 Å². The average molecular weight is 296 g/mol. The molecular weight excluding hydrogens is 272 g/mol. The van der Waals surface area contributed by atoms with Gasteiger partial charge in [-0.25, -0.2) is 4.98 Å². The van der Waals surface area contributed by atoms with E-state index in [-0.39, 0.29) is 11.9 Å². The number of carbonyl (C=O) groups is 1. The molecule has 6 heteroatoms. The van der Waals surface area contributed by atoms with E-state index in [1.165, 1.54) is 5.01 Å². The lowest BCUT2D eigenvalue weighted by Gasteiger charge is -2.35. The third-order valence-corrected chi connectivity index (χ3v) is 4.47. The van der Waals surface area contributed by atoms with E-state index in [0.29, 0.717) is 0 Å². The van der Waals surface area contributed by atoms with Crippen LogP contribution in [-0.2, 0) is 17.8 Å². The van der Waals surface area contributed by atoms with E-state index in [4.69, 9.17) is 0 Å². The number of nitrogens with zero attached hydrogens (tertiary/aromatic N) is 3. The van der Waals surface area contributed by atoms with Gasteiger partial charge >= 0.3 is 0 Å². The van der Waals surface area contributed by atoms with Crippen LogP contribution in [-0.4, -0.2) is 60.5 Å². The van der Waals surface area contributed by atoms with Gasteiger partial charge < -0.3 is 10.2 Å². The molecule has 0 aromatic carbocycles. The molecule has 2 heterocycles. The highest BCUT2D eigenvalue weighted by atomic mass is 32.1. The molecule has 1 fully saturated rings. The summed E-state index contributed by atoms with van der Waals surface area (Å²) < 4.78 is 0. The molecule has 0 bridgehead atoms. The lowest BCUT2D eigenvalue weighted by molar-refractivity contribution is -0.135. The number of nitrogens with one attached hydrogen (secondary N) is 1. The molecule has 1 aromatic heterocycles. The molecule has 1 aliphatic rings. The highest BCUT2D eigenvalue weighted by Crippen LogP contribution is 2.16. The van der Waals surface area contributed by atoms with Crippen molar-refractivity contribution in [2.45, 2.75) is 32.4 Å². The fourth-order valence-corrected chi connectivity index (χ4v) is 3.33. The van der Waals surface area contributed by atoms with Crippen molar-refractivity contribution in [2.24, 2.45) is 0 Å². The number of thiazole rings is 1. The number of aryl methyl sites for hydroxylation is 1. The third kappa shape index (κ3) is 3.77. The molecular formula is C14H24N4OS. The SMILES string of the molecule is CCCc1nc(CN2CCNCC2C(=O)N(C)C)cs1. The van der Waals surface area contributed by atoms with Gasteiger partial charge in [-0.2, -0.15) is 0 Å². The number of amides is 1. The fraction of sp³-hybridized carbons (Fsp3) is 0.714. The monoisotopic (exact) mass is 296 g/mol. The van der Waals surface area contributed by atoms with Gasteiger partial charge in [0.2, 0.25) is 5.91 Å². The number of aromatic nitrogens is 1. The summed E-state index contributed by atoms with van der Waals surface area (Å²) in [6.07, 6.45) is 2.18. The Morgan fingerprint density at radius 1 is 1.60 bits per heavy atom. The summed E-state index contributed by atoms with van der Waals surface area (Å²) in [5.74, 6) is 0.168. The van der Waals surface area contributed by atoms with Crippen LogP contribution in [0, 0.1) is 0 Å². The quantitative estimate of drug-likeness (QED) is 0.879. The Kier molecular flexibility index (Phi) is 5.51. The van der Waals surface area contributed by atoms with E-state index in [1.54, 1.807) is 16.2 Å². The second-order valence-corrected chi connectivity index (χ2v) is 6.35. The van der Waals surface area contributed by atoms with Crippen LogP contribution in [0.4, 0.5) is 0 Å². The number of piperazine rings is 1. The number of rotatable bonds is 5. The van der Waals surface area contributed by atoms with E-state index < -0.39 is 0 Å². The molecule has 1 aliphatic heterocycles. The van der Waals surface area contributed by atoms with Crippen molar-refractivity contribution in [1.82, 2.24) is 20.1 Å². The predicted octanol–water partition coefficient (Wildman–Crippen LogP) is 0.958. The molecule has 0 aliphatic carbocycles. The van der Waals surface area contributed by atoms with E-state index >= 15 is 0 Å². The lowest BCUT2D eigenvalue weighted by atomic mass is 10.1. The minimum absolute atomic E-state index is 0.0740. The Labute approximate surface area is 125 Å². The summed E-state index contributed by atoms with van der Waals surface area (Å²) >= 11 is 1.73. The fourth-order valence-electron chi connectivity index (χ4n) is 2.44. The van der Waals surface area contributed by atoms with Gasteiger partial charge in [0, 0.05) is 45.7 Å². The van der Waals surface area contributed by atoms with Crippen LogP contribution < -0.4 is 5.32 Å². The number of carbonyl (C=O) groups excluding carboxylic acids is 1. The summed E-state index contributed by atoms with van der Waals surface area (Å²) in [5.41, 5.74) is 1.09. The van der Waals surface area contributed by atoms with Crippen molar-refractivity contribution in [1.29, 1.82) is 0 Å². The van der Waals surface area contributed by atoms with Gasteiger partial charge in [-0.05, 0) is 12.8 Å². The van der Waals surface area contributed by atoms with Gasteiger partial charge in [-0.1, -0.05) is 6.92 Å². The van der Waals surface area contributed by atoms with Crippen molar-refractivity contribution in [3.63, 3.8) is 0 Å². The largest absolute Gasteiger partial charge is 0.347 e. The highest BCUT2D eigenvalue weighted by Gasteiger charge is 2.29. The van der Waals surface area contributed by atoms with Gasteiger partial charge in [0.1, 0.15) is 6.04 Å². The van der Waals surface area contributed by atoms with Crippen LogP contribution in [0.5, 0.6) is 0 Å². The van der Waals surface area contributed by atoms with Gasteiger partial charge in [0.25, 0.3) is 0 Å². The predicted molar refractivity (Wildman–Crippen MR) is 81.9 cm³/mol. The molecule has 1 unspecified atom stereocenters. The third-order valence-electron chi connectivity index (χ3n) is 3.51. The lowest BCUT2D eigenvalue weighted by Crippen LogP contribution is -2.57. The number of hydrogen-bond donors (Lipinski definition) is 1. The van der Waals surface area contributed by atoms with E-state index in [2.05, 4.69) is 27.5 Å². The van der Waals surface area contributed by atoms with Crippen LogP contribution in [0.2, 0.25) is 0 Å². The molecule has 1 N–H and O–H groups in total. The smallest absolute Gasteiger partial charge is 0.240 e. The maximum Gasteiger partial charge on any atom is 0.240 e.